The number of benzene rings is 1. The third-order valence-electron chi connectivity index (χ3n) is 6.16. The van der Waals surface area contributed by atoms with Gasteiger partial charge in [0.15, 0.2) is 5.82 Å². The number of aromatic nitrogens is 5. The second-order valence-corrected chi connectivity index (χ2v) is 8.46. The Morgan fingerprint density at radius 3 is 2.81 bits per heavy atom. The Balaban J connectivity index is 1.41. The molecule has 2 saturated heterocycles. The van der Waals surface area contributed by atoms with Crippen LogP contribution in [0.4, 0.5) is 8.78 Å². The van der Waals surface area contributed by atoms with E-state index in [4.69, 9.17) is 4.74 Å². The number of hydrogen-bond donors (Lipinski definition) is 2. The molecule has 0 spiro atoms. The molecule has 2 aliphatic heterocycles. The molecule has 2 fully saturated rings. The third kappa shape index (κ3) is 3.45. The molecular formula is C22H22F2N6O2. The normalized spacial score (nSPS) is 27.7. The van der Waals surface area contributed by atoms with Crippen molar-refractivity contribution >= 4 is 6.08 Å². The lowest BCUT2D eigenvalue weighted by atomic mass is 9.85. The largest absolute Gasteiger partial charge is 0.507 e. The maximum Gasteiger partial charge on any atom is 0.265 e. The number of ether oxygens (including phenoxy) is 1. The summed E-state index contributed by atoms with van der Waals surface area (Å²) < 4.78 is 36.0. The van der Waals surface area contributed by atoms with Crippen LogP contribution in [-0.2, 0) is 4.74 Å². The molecule has 3 aromatic rings. The predicted octanol–water partition coefficient (Wildman–Crippen LogP) is 2.99. The summed E-state index contributed by atoms with van der Waals surface area (Å²) in [5.41, 5.74) is 1.48. The Morgan fingerprint density at radius 1 is 1.31 bits per heavy atom. The van der Waals surface area contributed by atoms with Crippen LogP contribution in [-0.4, -0.2) is 60.6 Å². The molecule has 0 aliphatic carbocycles. The second-order valence-electron chi connectivity index (χ2n) is 8.46. The first kappa shape index (κ1) is 20.7. The van der Waals surface area contributed by atoms with Crippen LogP contribution in [0.25, 0.3) is 23.0 Å². The summed E-state index contributed by atoms with van der Waals surface area (Å²) in [6, 6.07) is 4.21. The number of hydrogen-bond acceptors (Lipinski definition) is 7. The van der Waals surface area contributed by atoms with E-state index in [-0.39, 0.29) is 18.6 Å². The van der Waals surface area contributed by atoms with Gasteiger partial charge < -0.3 is 19.7 Å². The van der Waals surface area contributed by atoms with Gasteiger partial charge in [0.2, 0.25) is 0 Å². The van der Waals surface area contributed by atoms with Gasteiger partial charge in [-0.2, -0.15) is 0 Å². The van der Waals surface area contributed by atoms with Crippen LogP contribution in [0.5, 0.6) is 5.75 Å². The Morgan fingerprint density at radius 2 is 2.16 bits per heavy atom. The SMILES string of the molecule is CO[C@@H]1/C(=C\c2ncc(-c3ccc(-n4ccnc4)cc3O)nn2)CC2N[C@]1(C)CC2(F)F. The van der Waals surface area contributed by atoms with Crippen LogP contribution in [0.15, 0.2) is 48.7 Å². The van der Waals surface area contributed by atoms with Crippen molar-refractivity contribution in [3.05, 3.63) is 54.5 Å². The fourth-order valence-corrected chi connectivity index (χ4v) is 4.78. The molecule has 0 amide bonds. The van der Waals surface area contributed by atoms with Gasteiger partial charge in [-0.1, -0.05) is 0 Å². The van der Waals surface area contributed by atoms with Crippen LogP contribution in [0.3, 0.4) is 0 Å². The Bertz CT molecular complexity index is 1170. The molecule has 10 heteroatoms. The van der Waals surface area contributed by atoms with Gasteiger partial charge >= 0.3 is 0 Å². The molecule has 2 bridgehead atoms. The number of phenolic OH excluding ortho intramolecular Hbond substituents is 1. The molecule has 4 heterocycles. The van der Waals surface area contributed by atoms with Gasteiger partial charge in [-0.15, -0.1) is 10.2 Å². The van der Waals surface area contributed by atoms with Gasteiger partial charge in [0.25, 0.3) is 5.92 Å². The van der Waals surface area contributed by atoms with Gasteiger partial charge in [0.1, 0.15) is 11.4 Å². The monoisotopic (exact) mass is 440 g/mol. The summed E-state index contributed by atoms with van der Waals surface area (Å²) in [5.74, 6) is -2.47. The minimum Gasteiger partial charge on any atom is -0.507 e. The highest BCUT2D eigenvalue weighted by Gasteiger charge is 2.61. The number of piperidine rings is 1. The van der Waals surface area contributed by atoms with Crippen molar-refractivity contribution in [2.45, 2.75) is 43.4 Å². The van der Waals surface area contributed by atoms with Crippen LogP contribution in [0.1, 0.15) is 25.6 Å². The van der Waals surface area contributed by atoms with Gasteiger partial charge in [-0.3, -0.25) is 0 Å². The molecule has 5 rings (SSSR count). The van der Waals surface area contributed by atoms with Crippen molar-refractivity contribution in [3.63, 3.8) is 0 Å². The van der Waals surface area contributed by atoms with Gasteiger partial charge in [-0.25, -0.2) is 18.7 Å². The molecule has 0 radical (unpaired) electrons. The highest BCUT2D eigenvalue weighted by molar-refractivity contribution is 5.68. The van der Waals surface area contributed by atoms with E-state index in [1.165, 1.54) is 13.3 Å². The van der Waals surface area contributed by atoms with Crippen molar-refractivity contribution in [2.24, 2.45) is 0 Å². The molecule has 1 aromatic carbocycles. The Kier molecular flexibility index (Phi) is 4.79. The molecule has 1 unspecified atom stereocenters. The number of imidazole rings is 1. The van der Waals surface area contributed by atoms with Gasteiger partial charge in [0.05, 0.1) is 35.9 Å². The lowest BCUT2D eigenvalue weighted by Crippen LogP contribution is -2.56. The predicted molar refractivity (Wildman–Crippen MR) is 112 cm³/mol. The number of rotatable bonds is 4. The lowest BCUT2D eigenvalue weighted by Gasteiger charge is -2.39. The van der Waals surface area contributed by atoms with Gasteiger partial charge in [-0.05, 0) is 37.1 Å². The first-order valence-electron chi connectivity index (χ1n) is 10.2. The zero-order valence-electron chi connectivity index (χ0n) is 17.5. The molecule has 8 nitrogen and oxygen atoms in total. The average molecular weight is 440 g/mol. The summed E-state index contributed by atoms with van der Waals surface area (Å²) in [6.45, 7) is 1.75. The molecule has 2 aromatic heterocycles. The number of aromatic hydroxyl groups is 1. The summed E-state index contributed by atoms with van der Waals surface area (Å²) in [7, 11) is 1.51. The van der Waals surface area contributed by atoms with E-state index in [2.05, 4.69) is 25.5 Å². The highest BCUT2D eigenvalue weighted by Crippen LogP contribution is 2.48. The van der Waals surface area contributed by atoms with Crippen molar-refractivity contribution < 1.29 is 18.6 Å². The number of nitrogens with one attached hydrogen (secondary N) is 1. The minimum absolute atomic E-state index is 0.0305. The van der Waals surface area contributed by atoms with E-state index in [1.54, 1.807) is 48.4 Å². The topological polar surface area (TPSA) is 98.0 Å². The fourth-order valence-electron chi connectivity index (χ4n) is 4.78. The number of phenols is 1. The summed E-state index contributed by atoms with van der Waals surface area (Å²) in [4.78, 5) is 8.31. The van der Waals surface area contributed by atoms with Crippen LogP contribution in [0.2, 0.25) is 0 Å². The van der Waals surface area contributed by atoms with E-state index in [1.807, 2.05) is 6.07 Å². The third-order valence-corrected chi connectivity index (χ3v) is 6.16. The molecule has 3 atom stereocenters. The smallest absolute Gasteiger partial charge is 0.265 e. The van der Waals surface area contributed by atoms with Crippen LogP contribution in [0, 0.1) is 0 Å². The van der Waals surface area contributed by atoms with Crippen LogP contribution >= 0.6 is 0 Å². The van der Waals surface area contributed by atoms with E-state index in [0.29, 0.717) is 22.7 Å². The van der Waals surface area contributed by atoms with E-state index in [0.717, 1.165) is 5.69 Å². The highest BCUT2D eigenvalue weighted by atomic mass is 19.3. The number of alkyl halides is 2. The van der Waals surface area contributed by atoms with E-state index < -0.39 is 23.6 Å². The Hall–Kier alpha value is -3.24. The number of halogens is 2. The number of fused-ring (bicyclic) bond motifs is 2. The number of methoxy groups -OCH3 is 1. The van der Waals surface area contributed by atoms with E-state index >= 15 is 0 Å². The first-order valence-corrected chi connectivity index (χ1v) is 10.2. The summed E-state index contributed by atoms with van der Waals surface area (Å²) in [6.07, 6.45) is 7.56. The van der Waals surface area contributed by atoms with Gasteiger partial charge in [0, 0.05) is 37.6 Å². The molecule has 2 N–H and O–H groups in total. The standard InChI is InChI=1S/C22H22F2N6O2/c1-21-11-22(23,24)18(27-21)7-13(20(21)32-2)8-19-26-10-16(28-29-19)15-4-3-14(9-17(15)31)30-6-5-25-12-30/h3-6,8-10,12,18,20,27,31H,7,11H2,1-2H3/b13-8-/t18?,20-,21-/m1/s1. The fraction of sp³-hybridized carbons (Fsp3) is 0.364. The Labute approximate surface area is 183 Å². The molecule has 166 valence electrons. The average Bonchev–Trinajstić information content (AvgIpc) is 3.34. The minimum atomic E-state index is -2.80. The van der Waals surface area contributed by atoms with E-state index in [9.17, 15) is 13.9 Å². The zero-order valence-corrected chi connectivity index (χ0v) is 17.5. The van der Waals surface area contributed by atoms with Crippen molar-refractivity contribution in [1.82, 2.24) is 30.0 Å². The lowest BCUT2D eigenvalue weighted by molar-refractivity contribution is -0.0127. The summed E-state index contributed by atoms with van der Waals surface area (Å²) >= 11 is 0. The maximum atomic E-state index is 14.3. The van der Waals surface area contributed by atoms with Crippen molar-refractivity contribution in [2.75, 3.05) is 7.11 Å². The maximum absolute atomic E-state index is 14.3. The number of nitrogens with zero attached hydrogens (tertiary/aromatic N) is 5. The van der Waals surface area contributed by atoms with Crippen molar-refractivity contribution in [3.8, 4) is 22.7 Å². The molecule has 2 aliphatic rings. The molecule has 32 heavy (non-hydrogen) atoms. The summed E-state index contributed by atoms with van der Waals surface area (Å²) in [5, 5.41) is 21.8. The quantitative estimate of drug-likeness (QED) is 0.644. The van der Waals surface area contributed by atoms with Crippen molar-refractivity contribution in [1.29, 1.82) is 0 Å². The first-order chi connectivity index (χ1) is 15.3. The second kappa shape index (κ2) is 7.42. The zero-order chi connectivity index (χ0) is 22.5. The van der Waals surface area contributed by atoms with Crippen LogP contribution < -0.4 is 5.32 Å². The molecular weight excluding hydrogens is 418 g/mol. The molecule has 0 saturated carbocycles.